The molecular formula is C7H12ClN3O2. The van der Waals surface area contributed by atoms with E-state index in [4.69, 9.17) is 5.73 Å². The molecule has 0 aliphatic carbocycles. The fourth-order valence-corrected chi connectivity index (χ4v) is 0.950. The lowest BCUT2D eigenvalue weighted by Gasteiger charge is -1.99. The van der Waals surface area contributed by atoms with Crippen molar-refractivity contribution in [2.75, 3.05) is 6.54 Å². The molecule has 5 nitrogen and oxygen atoms in total. The zero-order valence-corrected chi connectivity index (χ0v) is 8.06. The monoisotopic (exact) mass is 205 g/mol. The van der Waals surface area contributed by atoms with Crippen LogP contribution in [0.25, 0.3) is 0 Å². The summed E-state index contributed by atoms with van der Waals surface area (Å²) in [5.41, 5.74) is 5.14. The van der Waals surface area contributed by atoms with E-state index >= 15 is 0 Å². The maximum absolute atomic E-state index is 11.3. The van der Waals surface area contributed by atoms with E-state index in [1.807, 2.05) is 0 Å². The van der Waals surface area contributed by atoms with Gasteiger partial charge in [0.1, 0.15) is 0 Å². The summed E-state index contributed by atoms with van der Waals surface area (Å²) in [5, 5.41) is 0. The minimum atomic E-state index is -0.402. The molecule has 0 aliphatic heterocycles. The van der Waals surface area contributed by atoms with Crippen LogP contribution in [0.1, 0.15) is 5.56 Å². The second-order valence-electron chi connectivity index (χ2n) is 2.52. The van der Waals surface area contributed by atoms with Crippen LogP contribution in [0.2, 0.25) is 0 Å². The molecule has 6 heteroatoms. The minimum Gasteiger partial charge on any atom is -0.330 e. The number of hydrogen-bond donors (Lipinski definition) is 2. The van der Waals surface area contributed by atoms with E-state index in [1.165, 1.54) is 13.2 Å². The fraction of sp³-hybridized carbons (Fsp3) is 0.429. The van der Waals surface area contributed by atoms with Gasteiger partial charge in [-0.05, 0) is 13.0 Å². The Morgan fingerprint density at radius 1 is 1.54 bits per heavy atom. The molecule has 74 valence electrons. The number of halogens is 1. The van der Waals surface area contributed by atoms with E-state index in [1.54, 1.807) is 0 Å². The molecule has 1 aromatic heterocycles. The molecule has 1 heterocycles. The number of rotatable bonds is 2. The highest BCUT2D eigenvalue weighted by molar-refractivity contribution is 5.85. The lowest BCUT2D eigenvalue weighted by Crippen LogP contribution is -2.34. The molecular weight excluding hydrogens is 194 g/mol. The third kappa shape index (κ3) is 2.43. The van der Waals surface area contributed by atoms with Crippen LogP contribution in [-0.4, -0.2) is 16.1 Å². The van der Waals surface area contributed by atoms with E-state index in [0.717, 1.165) is 4.57 Å². The topological polar surface area (TPSA) is 80.9 Å². The van der Waals surface area contributed by atoms with Gasteiger partial charge in [0.2, 0.25) is 0 Å². The first-order valence-electron chi connectivity index (χ1n) is 3.64. The first-order valence-corrected chi connectivity index (χ1v) is 3.64. The average Bonchev–Trinajstić information content (AvgIpc) is 2.07. The number of nitrogens with two attached hydrogens (primary N) is 1. The Hall–Kier alpha value is -1.07. The Balaban J connectivity index is 0.00000144. The predicted octanol–water partition coefficient (Wildman–Crippen LogP) is -1.00. The predicted molar refractivity (Wildman–Crippen MR) is 52.3 cm³/mol. The highest BCUT2D eigenvalue weighted by atomic mass is 35.5. The number of aromatic amines is 1. The first kappa shape index (κ1) is 11.9. The smallest absolute Gasteiger partial charge is 0.328 e. The number of nitrogens with one attached hydrogen (secondary N) is 1. The van der Waals surface area contributed by atoms with Gasteiger partial charge in [0.05, 0.1) is 0 Å². The summed E-state index contributed by atoms with van der Waals surface area (Å²) < 4.78 is 1.03. The Morgan fingerprint density at radius 2 is 2.15 bits per heavy atom. The third-order valence-corrected chi connectivity index (χ3v) is 1.67. The van der Waals surface area contributed by atoms with Crippen molar-refractivity contribution in [3.63, 3.8) is 0 Å². The number of aromatic nitrogens is 2. The van der Waals surface area contributed by atoms with Crippen molar-refractivity contribution < 1.29 is 0 Å². The fourth-order valence-electron chi connectivity index (χ4n) is 0.950. The summed E-state index contributed by atoms with van der Waals surface area (Å²) >= 11 is 0. The Morgan fingerprint density at radius 3 is 2.69 bits per heavy atom. The van der Waals surface area contributed by atoms with Crippen molar-refractivity contribution in [1.29, 1.82) is 0 Å². The van der Waals surface area contributed by atoms with Crippen molar-refractivity contribution in [1.82, 2.24) is 9.55 Å². The molecule has 0 aliphatic rings. The first-order chi connectivity index (χ1) is 5.66. The number of H-pyrrole nitrogens is 1. The average molecular weight is 206 g/mol. The van der Waals surface area contributed by atoms with Crippen LogP contribution in [0, 0.1) is 0 Å². The molecule has 0 aromatic carbocycles. The molecule has 1 aromatic rings. The van der Waals surface area contributed by atoms with Crippen LogP contribution < -0.4 is 17.0 Å². The summed E-state index contributed by atoms with van der Waals surface area (Å²) in [6.07, 6.45) is 1.90. The largest absolute Gasteiger partial charge is 0.330 e. The summed E-state index contributed by atoms with van der Waals surface area (Å²) in [7, 11) is 1.43. The SMILES string of the molecule is Cl.Cn1c(=O)[nH]cc(CCN)c1=O. The molecule has 0 bridgehead atoms. The maximum atomic E-state index is 11.3. The van der Waals surface area contributed by atoms with Crippen molar-refractivity contribution in [3.05, 3.63) is 32.6 Å². The molecule has 0 saturated carbocycles. The lowest BCUT2D eigenvalue weighted by atomic mass is 10.2. The molecule has 0 saturated heterocycles. The van der Waals surface area contributed by atoms with Crippen LogP contribution in [0.15, 0.2) is 15.8 Å². The van der Waals surface area contributed by atoms with Crippen LogP contribution in [0.4, 0.5) is 0 Å². The second kappa shape index (κ2) is 4.84. The van der Waals surface area contributed by atoms with E-state index in [0.29, 0.717) is 18.5 Å². The second-order valence-corrected chi connectivity index (χ2v) is 2.52. The number of hydrogen-bond acceptors (Lipinski definition) is 3. The van der Waals surface area contributed by atoms with E-state index in [2.05, 4.69) is 4.98 Å². The summed E-state index contributed by atoms with van der Waals surface area (Å²) in [4.78, 5) is 24.6. The van der Waals surface area contributed by atoms with Gasteiger partial charge in [0.25, 0.3) is 5.56 Å². The third-order valence-electron chi connectivity index (χ3n) is 1.67. The summed E-state index contributed by atoms with van der Waals surface area (Å²) in [6, 6.07) is 0. The highest BCUT2D eigenvalue weighted by Crippen LogP contribution is 1.84. The normalized spacial score (nSPS) is 9.38. The van der Waals surface area contributed by atoms with Crippen LogP contribution >= 0.6 is 12.4 Å². The molecule has 0 radical (unpaired) electrons. The van der Waals surface area contributed by atoms with E-state index in [9.17, 15) is 9.59 Å². The van der Waals surface area contributed by atoms with Gasteiger partial charge in [-0.3, -0.25) is 9.36 Å². The zero-order chi connectivity index (χ0) is 9.14. The van der Waals surface area contributed by atoms with Crippen LogP contribution in [0.5, 0.6) is 0 Å². The molecule has 1 rings (SSSR count). The van der Waals surface area contributed by atoms with Gasteiger partial charge in [-0.15, -0.1) is 12.4 Å². The van der Waals surface area contributed by atoms with Crippen LogP contribution in [-0.2, 0) is 13.5 Å². The molecule has 0 unspecified atom stereocenters. The quantitative estimate of drug-likeness (QED) is 0.650. The van der Waals surface area contributed by atoms with Crippen molar-refractivity contribution in [2.24, 2.45) is 12.8 Å². The molecule has 0 atom stereocenters. The van der Waals surface area contributed by atoms with Gasteiger partial charge >= 0.3 is 5.69 Å². The van der Waals surface area contributed by atoms with Gasteiger partial charge in [0.15, 0.2) is 0 Å². The van der Waals surface area contributed by atoms with Gasteiger partial charge in [0, 0.05) is 18.8 Å². The zero-order valence-electron chi connectivity index (χ0n) is 7.24. The molecule has 3 N–H and O–H groups in total. The Kier molecular flexibility index (Phi) is 4.44. The van der Waals surface area contributed by atoms with Crippen molar-refractivity contribution in [3.8, 4) is 0 Å². The van der Waals surface area contributed by atoms with Crippen LogP contribution in [0.3, 0.4) is 0 Å². The molecule has 0 spiro atoms. The van der Waals surface area contributed by atoms with Gasteiger partial charge < -0.3 is 10.7 Å². The van der Waals surface area contributed by atoms with Gasteiger partial charge in [-0.2, -0.15) is 0 Å². The van der Waals surface area contributed by atoms with Gasteiger partial charge in [-0.25, -0.2) is 4.79 Å². The Labute approximate surface area is 81.0 Å². The highest BCUT2D eigenvalue weighted by Gasteiger charge is 2.01. The maximum Gasteiger partial charge on any atom is 0.328 e. The standard InChI is InChI=1S/C7H11N3O2.ClH/c1-10-6(11)5(2-3-8)4-9-7(10)12;/h4H,2-3,8H2,1H3,(H,9,12);1H. The minimum absolute atomic E-state index is 0. The van der Waals surface area contributed by atoms with E-state index < -0.39 is 5.69 Å². The molecule has 0 amide bonds. The number of nitrogens with zero attached hydrogens (tertiary/aromatic N) is 1. The molecule has 0 fully saturated rings. The summed E-state index contributed by atoms with van der Waals surface area (Å²) in [5.74, 6) is 0. The van der Waals surface area contributed by atoms with E-state index in [-0.39, 0.29) is 18.0 Å². The Bertz CT molecular complexity index is 382. The molecule has 13 heavy (non-hydrogen) atoms. The van der Waals surface area contributed by atoms with Crippen molar-refractivity contribution >= 4 is 12.4 Å². The van der Waals surface area contributed by atoms with Gasteiger partial charge in [-0.1, -0.05) is 0 Å². The lowest BCUT2D eigenvalue weighted by molar-refractivity contribution is 0.748. The summed E-state index contributed by atoms with van der Waals surface area (Å²) in [6.45, 7) is 0.404. The van der Waals surface area contributed by atoms with Crippen molar-refractivity contribution in [2.45, 2.75) is 6.42 Å².